The van der Waals surface area contributed by atoms with Crippen molar-refractivity contribution in [1.29, 1.82) is 0 Å². The van der Waals surface area contributed by atoms with Crippen molar-refractivity contribution in [2.24, 2.45) is 0 Å². The van der Waals surface area contributed by atoms with Gasteiger partial charge >= 0.3 is 0 Å². The summed E-state index contributed by atoms with van der Waals surface area (Å²) in [6, 6.07) is 0.0937. The van der Waals surface area contributed by atoms with E-state index < -0.39 is 0 Å². The maximum atomic E-state index is 11.8. The van der Waals surface area contributed by atoms with Crippen molar-refractivity contribution in [3.05, 3.63) is 0 Å². The zero-order valence-electron chi connectivity index (χ0n) is 10.2. The van der Waals surface area contributed by atoms with Crippen LogP contribution in [0.25, 0.3) is 0 Å². The highest BCUT2D eigenvalue weighted by Crippen LogP contribution is 2.14. The van der Waals surface area contributed by atoms with Crippen LogP contribution in [0.4, 0.5) is 0 Å². The van der Waals surface area contributed by atoms with Crippen LogP contribution >= 0.6 is 0 Å². The number of nitrogens with zero attached hydrogens (tertiary/aromatic N) is 1. The Kier molecular flexibility index (Phi) is 4.95. The van der Waals surface area contributed by atoms with Crippen molar-refractivity contribution in [2.75, 3.05) is 26.8 Å². The van der Waals surface area contributed by atoms with Crippen molar-refractivity contribution in [2.45, 2.75) is 25.3 Å². The standard InChI is InChI=1S/C10H19BN2O3/c1-7(14)4-13(10(15)3-11)9-6-16-5-8(9)12-2/h8-9,12H,3-6,11H2,1-2H3. The van der Waals surface area contributed by atoms with Crippen LogP contribution in [0.5, 0.6) is 0 Å². The highest BCUT2D eigenvalue weighted by molar-refractivity contribution is 6.19. The number of ketones is 1. The predicted octanol–water partition coefficient (Wildman–Crippen LogP) is -1.56. The van der Waals surface area contributed by atoms with Crippen LogP contribution in [0.2, 0.25) is 6.32 Å². The van der Waals surface area contributed by atoms with Crippen molar-refractivity contribution < 1.29 is 14.3 Å². The van der Waals surface area contributed by atoms with Crippen LogP contribution in [0.1, 0.15) is 6.92 Å². The zero-order valence-corrected chi connectivity index (χ0v) is 10.2. The first-order chi connectivity index (χ1) is 7.60. The number of likely N-dealkylation sites (N-methyl/N-ethyl adjacent to an activating group) is 1. The molecular formula is C10H19BN2O3. The van der Waals surface area contributed by atoms with E-state index in [1.165, 1.54) is 6.92 Å². The van der Waals surface area contributed by atoms with Gasteiger partial charge in [0.15, 0.2) is 0 Å². The third-order valence-corrected chi connectivity index (χ3v) is 2.84. The normalized spacial score (nSPS) is 24.4. The Hall–Kier alpha value is -0.875. The molecule has 2 atom stereocenters. The number of carbonyl (C=O) groups is 2. The summed E-state index contributed by atoms with van der Waals surface area (Å²) in [7, 11) is 3.65. The first-order valence-corrected chi connectivity index (χ1v) is 5.64. The minimum absolute atomic E-state index is 0.00329. The van der Waals surface area contributed by atoms with Gasteiger partial charge in [-0.3, -0.25) is 9.59 Å². The molecule has 0 aromatic rings. The number of carbonyl (C=O) groups excluding carboxylic acids is 2. The van der Waals surface area contributed by atoms with Gasteiger partial charge in [0.1, 0.15) is 13.6 Å². The van der Waals surface area contributed by atoms with Gasteiger partial charge < -0.3 is 15.0 Å². The molecule has 0 bridgehead atoms. The first-order valence-electron chi connectivity index (χ1n) is 5.64. The number of hydrogen-bond acceptors (Lipinski definition) is 4. The molecule has 0 spiro atoms. The molecule has 6 heteroatoms. The Balaban J connectivity index is 2.74. The van der Waals surface area contributed by atoms with Crippen LogP contribution in [-0.2, 0) is 14.3 Å². The van der Waals surface area contributed by atoms with E-state index in [0.717, 1.165) is 0 Å². The molecule has 1 amide bonds. The number of rotatable bonds is 5. The quantitative estimate of drug-likeness (QED) is 0.576. The van der Waals surface area contributed by atoms with E-state index in [1.807, 2.05) is 7.05 Å². The Morgan fingerprint density at radius 3 is 2.69 bits per heavy atom. The van der Waals surface area contributed by atoms with E-state index in [9.17, 15) is 9.59 Å². The summed E-state index contributed by atoms with van der Waals surface area (Å²) in [5, 5.41) is 3.12. The maximum absolute atomic E-state index is 11.8. The summed E-state index contributed by atoms with van der Waals surface area (Å²) in [5.74, 6) is 0.00880. The number of amides is 1. The molecular weight excluding hydrogens is 207 g/mol. The van der Waals surface area contributed by atoms with Gasteiger partial charge in [0.05, 0.1) is 31.8 Å². The second kappa shape index (κ2) is 6.01. The van der Waals surface area contributed by atoms with Crippen LogP contribution in [0.15, 0.2) is 0 Å². The lowest BCUT2D eigenvalue weighted by atomic mass is 10.0. The van der Waals surface area contributed by atoms with Gasteiger partial charge in [-0.05, 0) is 20.3 Å². The molecule has 0 aromatic heterocycles. The van der Waals surface area contributed by atoms with Gasteiger partial charge in [0, 0.05) is 0 Å². The van der Waals surface area contributed by atoms with E-state index in [-0.39, 0.29) is 30.3 Å². The second-order valence-electron chi connectivity index (χ2n) is 4.08. The molecule has 5 nitrogen and oxygen atoms in total. The number of hydrogen-bond donors (Lipinski definition) is 1. The molecule has 0 aliphatic carbocycles. The van der Waals surface area contributed by atoms with Crippen molar-refractivity contribution in [1.82, 2.24) is 10.2 Å². The minimum atomic E-state index is -0.0265. The number of nitrogens with one attached hydrogen (secondary N) is 1. The van der Waals surface area contributed by atoms with Gasteiger partial charge in [-0.1, -0.05) is 0 Å². The molecule has 1 aliphatic rings. The highest BCUT2D eigenvalue weighted by Gasteiger charge is 2.34. The first kappa shape index (κ1) is 13.2. The molecule has 2 unspecified atom stereocenters. The monoisotopic (exact) mass is 226 g/mol. The summed E-state index contributed by atoms with van der Waals surface area (Å²) in [4.78, 5) is 24.6. The Morgan fingerprint density at radius 1 is 1.50 bits per heavy atom. The molecule has 1 fully saturated rings. The predicted molar refractivity (Wildman–Crippen MR) is 63.2 cm³/mol. The van der Waals surface area contributed by atoms with Crippen LogP contribution < -0.4 is 5.32 Å². The van der Waals surface area contributed by atoms with Gasteiger partial charge in [-0.15, -0.1) is 0 Å². The highest BCUT2D eigenvalue weighted by atomic mass is 16.5. The molecule has 1 N–H and O–H groups in total. The molecule has 16 heavy (non-hydrogen) atoms. The van der Waals surface area contributed by atoms with Crippen LogP contribution in [0.3, 0.4) is 0 Å². The Bertz CT molecular complexity index is 273. The topological polar surface area (TPSA) is 58.6 Å². The van der Waals surface area contributed by atoms with Crippen molar-refractivity contribution in [3.63, 3.8) is 0 Å². The molecule has 0 saturated carbocycles. The average molecular weight is 226 g/mol. The Morgan fingerprint density at radius 2 is 2.19 bits per heavy atom. The van der Waals surface area contributed by atoms with E-state index >= 15 is 0 Å². The molecule has 90 valence electrons. The summed E-state index contributed by atoms with van der Waals surface area (Å²) in [6.07, 6.45) is 0.417. The number of Topliss-reactive ketones (excluding diaryl/α,β-unsaturated/α-hetero) is 1. The van der Waals surface area contributed by atoms with Gasteiger partial charge in [-0.25, -0.2) is 0 Å². The average Bonchev–Trinajstić information content (AvgIpc) is 2.72. The molecule has 1 rings (SSSR count). The van der Waals surface area contributed by atoms with Crippen molar-refractivity contribution in [3.8, 4) is 0 Å². The molecule has 1 aliphatic heterocycles. The maximum Gasteiger partial charge on any atom is 0.215 e. The van der Waals surface area contributed by atoms with Gasteiger partial charge in [0.25, 0.3) is 0 Å². The fraction of sp³-hybridized carbons (Fsp3) is 0.800. The molecule has 0 radical (unpaired) electrons. The van der Waals surface area contributed by atoms with E-state index in [0.29, 0.717) is 19.5 Å². The third-order valence-electron chi connectivity index (χ3n) is 2.84. The largest absolute Gasteiger partial charge is 0.378 e. The SMILES string of the molecule is BCC(=O)N(CC(C)=O)C1COCC1NC. The van der Waals surface area contributed by atoms with Crippen molar-refractivity contribution >= 4 is 19.5 Å². The lowest BCUT2D eigenvalue weighted by molar-refractivity contribution is -0.135. The Labute approximate surface area is 96.9 Å². The lowest BCUT2D eigenvalue weighted by Gasteiger charge is -2.30. The van der Waals surface area contributed by atoms with Gasteiger partial charge in [-0.2, -0.15) is 0 Å². The van der Waals surface area contributed by atoms with E-state index in [1.54, 1.807) is 12.7 Å². The smallest absolute Gasteiger partial charge is 0.215 e. The summed E-state index contributed by atoms with van der Waals surface area (Å²) < 4.78 is 5.35. The molecule has 1 saturated heterocycles. The van der Waals surface area contributed by atoms with Gasteiger partial charge in [0.2, 0.25) is 5.91 Å². The fourth-order valence-corrected chi connectivity index (χ4v) is 1.96. The summed E-state index contributed by atoms with van der Waals surface area (Å²) in [5.41, 5.74) is 0. The molecule has 0 aromatic carbocycles. The number of ether oxygens (including phenoxy) is 1. The van der Waals surface area contributed by atoms with Crippen LogP contribution in [-0.4, -0.2) is 63.3 Å². The van der Waals surface area contributed by atoms with E-state index in [2.05, 4.69) is 5.32 Å². The minimum Gasteiger partial charge on any atom is -0.378 e. The summed E-state index contributed by atoms with van der Waals surface area (Å²) in [6.45, 7) is 2.77. The lowest BCUT2D eigenvalue weighted by Crippen LogP contribution is -2.52. The third kappa shape index (κ3) is 3.06. The van der Waals surface area contributed by atoms with E-state index in [4.69, 9.17) is 4.74 Å². The second-order valence-corrected chi connectivity index (χ2v) is 4.08. The summed E-state index contributed by atoms with van der Waals surface area (Å²) >= 11 is 0. The molecule has 1 heterocycles. The fourth-order valence-electron chi connectivity index (χ4n) is 1.96. The zero-order chi connectivity index (χ0) is 12.1. The van der Waals surface area contributed by atoms with Crippen LogP contribution in [0, 0.1) is 0 Å².